The summed E-state index contributed by atoms with van der Waals surface area (Å²) < 4.78 is 11.4. The van der Waals surface area contributed by atoms with Crippen molar-refractivity contribution in [2.24, 2.45) is 5.41 Å². The van der Waals surface area contributed by atoms with Gasteiger partial charge in [-0.25, -0.2) is 9.78 Å². The third-order valence-electron chi connectivity index (χ3n) is 4.70. The van der Waals surface area contributed by atoms with Crippen LogP contribution in [0.4, 0.5) is 10.5 Å². The minimum Gasteiger partial charge on any atom is -0.491 e. The first kappa shape index (κ1) is 23.0. The number of nitrogens with zero attached hydrogens (tertiary/aromatic N) is 1. The lowest BCUT2D eigenvalue weighted by atomic mass is 9.74. The molecule has 0 fully saturated rings. The van der Waals surface area contributed by atoms with Gasteiger partial charge in [0, 0.05) is 12.1 Å². The molecule has 2 rings (SSSR count). The van der Waals surface area contributed by atoms with Crippen LogP contribution in [0.1, 0.15) is 41.5 Å². The summed E-state index contributed by atoms with van der Waals surface area (Å²) in [6, 6.07) is 10.5. The van der Waals surface area contributed by atoms with E-state index < -0.39 is 23.0 Å². The summed E-state index contributed by atoms with van der Waals surface area (Å²) in [6.07, 6.45) is 0.231. The maximum atomic E-state index is 12.8. The van der Waals surface area contributed by atoms with E-state index in [2.05, 4.69) is 15.6 Å². The number of rotatable bonds is 7. The highest BCUT2D eigenvalue weighted by molar-refractivity contribution is 6.00. The normalized spacial score (nSPS) is 13.3. The molecular formula is C22H29N3O5. The average molecular weight is 415 g/mol. The molecule has 0 spiro atoms. The van der Waals surface area contributed by atoms with E-state index in [0.717, 1.165) is 0 Å². The maximum Gasteiger partial charge on any atom is 0.405 e. The Bertz CT molecular complexity index is 890. The molecule has 1 aromatic heterocycles. The lowest BCUT2D eigenvalue weighted by Crippen LogP contribution is -2.62. The van der Waals surface area contributed by atoms with Gasteiger partial charge in [0.25, 0.3) is 5.91 Å². The van der Waals surface area contributed by atoms with E-state index in [-0.39, 0.29) is 6.10 Å². The number of nitrogens with one attached hydrogen (secondary N) is 2. The Hall–Kier alpha value is -3.29. The quantitative estimate of drug-likeness (QED) is 0.606. The van der Waals surface area contributed by atoms with Gasteiger partial charge in [0.1, 0.15) is 17.0 Å². The van der Waals surface area contributed by atoms with E-state index in [9.17, 15) is 9.59 Å². The highest BCUT2D eigenvalue weighted by atomic mass is 16.5. The number of benzene rings is 1. The third kappa shape index (κ3) is 5.85. The molecule has 8 heteroatoms. The van der Waals surface area contributed by atoms with Crippen molar-refractivity contribution in [3.63, 3.8) is 0 Å². The Morgan fingerprint density at radius 2 is 1.73 bits per heavy atom. The van der Waals surface area contributed by atoms with Crippen LogP contribution in [0.15, 0.2) is 42.6 Å². The summed E-state index contributed by atoms with van der Waals surface area (Å²) in [4.78, 5) is 28.2. The van der Waals surface area contributed by atoms with Gasteiger partial charge >= 0.3 is 6.09 Å². The molecule has 0 aliphatic carbocycles. The van der Waals surface area contributed by atoms with Crippen LogP contribution in [-0.4, -0.2) is 33.7 Å². The zero-order chi connectivity index (χ0) is 22.5. The lowest BCUT2D eigenvalue weighted by Gasteiger charge is -2.40. The molecule has 0 radical (unpaired) electrons. The molecule has 0 saturated heterocycles. The van der Waals surface area contributed by atoms with Gasteiger partial charge in [-0.05, 0) is 44.4 Å². The molecule has 0 aliphatic heterocycles. The van der Waals surface area contributed by atoms with Gasteiger partial charge in [0.2, 0.25) is 5.88 Å². The van der Waals surface area contributed by atoms with Crippen molar-refractivity contribution in [2.45, 2.75) is 53.2 Å². The lowest BCUT2D eigenvalue weighted by molar-refractivity contribution is -0.125. The smallest absolute Gasteiger partial charge is 0.405 e. The molecule has 1 atom stereocenters. The molecule has 2 aromatic rings. The number of ether oxygens (including phenoxy) is 2. The van der Waals surface area contributed by atoms with Crippen LogP contribution in [0, 0.1) is 5.41 Å². The molecule has 1 heterocycles. The predicted octanol–water partition coefficient (Wildman–Crippen LogP) is 4.67. The van der Waals surface area contributed by atoms with Crippen molar-refractivity contribution in [3.05, 3.63) is 42.6 Å². The van der Waals surface area contributed by atoms with Crippen molar-refractivity contribution in [2.75, 3.05) is 5.32 Å². The highest BCUT2D eigenvalue weighted by Crippen LogP contribution is 2.32. The maximum absolute atomic E-state index is 12.8. The first-order valence-electron chi connectivity index (χ1n) is 9.64. The third-order valence-corrected chi connectivity index (χ3v) is 4.70. The first-order chi connectivity index (χ1) is 13.9. The Kier molecular flexibility index (Phi) is 6.92. The number of carbonyl (C=O) groups excluding carboxylic acids is 1. The van der Waals surface area contributed by atoms with Crippen molar-refractivity contribution < 1.29 is 24.2 Å². The second kappa shape index (κ2) is 9.02. The molecule has 0 aliphatic rings. The van der Waals surface area contributed by atoms with E-state index in [0.29, 0.717) is 23.1 Å². The van der Waals surface area contributed by atoms with Crippen LogP contribution in [0.2, 0.25) is 0 Å². The van der Waals surface area contributed by atoms with Crippen molar-refractivity contribution in [3.8, 4) is 17.4 Å². The van der Waals surface area contributed by atoms with Crippen LogP contribution >= 0.6 is 0 Å². The van der Waals surface area contributed by atoms with Crippen molar-refractivity contribution in [1.29, 1.82) is 0 Å². The molecule has 0 unspecified atom stereocenters. The summed E-state index contributed by atoms with van der Waals surface area (Å²) in [6.45, 7) is 10.8. The number of pyridine rings is 1. The van der Waals surface area contributed by atoms with Gasteiger partial charge in [-0.15, -0.1) is 0 Å². The van der Waals surface area contributed by atoms with Gasteiger partial charge in [0.05, 0.1) is 18.0 Å². The van der Waals surface area contributed by atoms with E-state index in [1.54, 1.807) is 52.0 Å². The molecule has 0 bridgehead atoms. The van der Waals surface area contributed by atoms with Gasteiger partial charge in [-0.2, -0.15) is 0 Å². The number of aromatic nitrogens is 1. The monoisotopic (exact) mass is 415 g/mol. The zero-order valence-electron chi connectivity index (χ0n) is 18.1. The number of hydrogen-bond donors (Lipinski definition) is 3. The average Bonchev–Trinajstić information content (AvgIpc) is 2.61. The van der Waals surface area contributed by atoms with Crippen LogP contribution in [-0.2, 0) is 4.79 Å². The summed E-state index contributed by atoms with van der Waals surface area (Å²) in [5.74, 6) is 1.13. The fourth-order valence-electron chi connectivity index (χ4n) is 2.57. The minimum absolute atomic E-state index is 0.0515. The molecule has 0 saturated carbocycles. The van der Waals surface area contributed by atoms with Crippen LogP contribution in [0.5, 0.6) is 17.4 Å². The number of amides is 2. The summed E-state index contributed by atoms with van der Waals surface area (Å²) in [5.41, 5.74) is -1.58. The second-order valence-electron chi connectivity index (χ2n) is 8.39. The molecule has 8 nitrogen and oxygen atoms in total. The van der Waals surface area contributed by atoms with Gasteiger partial charge in [0.15, 0.2) is 0 Å². The standard InChI is InChI=1S/C22H29N3O5/c1-14(2)29-16-8-7-9-17(12-16)30-18-11-10-15(13-23-18)24-19(26)22(6,21(3,4)5)25-20(27)28/h7-14,25H,1-6H3,(H,24,26)(H,27,28)/t22-/m0/s1. The number of carboxylic acid groups (broad SMARTS) is 1. The van der Waals surface area contributed by atoms with Crippen LogP contribution in [0.3, 0.4) is 0 Å². The Labute approximate surface area is 176 Å². The number of hydrogen-bond acceptors (Lipinski definition) is 5. The van der Waals surface area contributed by atoms with Crippen LogP contribution < -0.4 is 20.1 Å². The van der Waals surface area contributed by atoms with Crippen molar-refractivity contribution >= 4 is 17.7 Å². The topological polar surface area (TPSA) is 110 Å². The van der Waals surface area contributed by atoms with Crippen LogP contribution in [0.25, 0.3) is 0 Å². The largest absolute Gasteiger partial charge is 0.491 e. The highest BCUT2D eigenvalue weighted by Gasteiger charge is 2.45. The zero-order valence-corrected chi connectivity index (χ0v) is 18.1. The van der Waals surface area contributed by atoms with Gasteiger partial charge in [-0.1, -0.05) is 26.8 Å². The van der Waals surface area contributed by atoms with Gasteiger partial charge < -0.3 is 25.2 Å². The van der Waals surface area contributed by atoms with Gasteiger partial charge in [-0.3, -0.25) is 4.79 Å². The summed E-state index contributed by atoms with van der Waals surface area (Å²) >= 11 is 0. The second-order valence-corrected chi connectivity index (χ2v) is 8.39. The van der Waals surface area contributed by atoms with E-state index >= 15 is 0 Å². The molecule has 2 amide bonds. The van der Waals surface area contributed by atoms with E-state index in [1.807, 2.05) is 26.0 Å². The Morgan fingerprint density at radius 1 is 1.07 bits per heavy atom. The summed E-state index contributed by atoms with van der Waals surface area (Å²) in [5, 5.41) is 14.2. The molecule has 162 valence electrons. The SMILES string of the molecule is CC(C)Oc1cccc(Oc2ccc(NC(=O)[C@](C)(NC(=O)O)C(C)(C)C)cn2)c1. The van der Waals surface area contributed by atoms with E-state index in [1.165, 1.54) is 6.20 Å². The summed E-state index contributed by atoms with van der Waals surface area (Å²) in [7, 11) is 0. The fourth-order valence-corrected chi connectivity index (χ4v) is 2.57. The van der Waals surface area contributed by atoms with E-state index in [4.69, 9.17) is 14.6 Å². The van der Waals surface area contributed by atoms with Crippen molar-refractivity contribution in [1.82, 2.24) is 10.3 Å². The number of carbonyl (C=O) groups is 2. The molecule has 3 N–H and O–H groups in total. The minimum atomic E-state index is -1.34. The molecular weight excluding hydrogens is 386 g/mol. The first-order valence-corrected chi connectivity index (χ1v) is 9.64. The predicted molar refractivity (Wildman–Crippen MR) is 114 cm³/mol. The Morgan fingerprint density at radius 3 is 2.27 bits per heavy atom. The molecule has 1 aromatic carbocycles. The fraction of sp³-hybridized carbons (Fsp3) is 0.409. The Balaban J connectivity index is 2.10. The molecule has 30 heavy (non-hydrogen) atoms. The number of anilines is 1.